The van der Waals surface area contributed by atoms with Crippen molar-refractivity contribution in [2.24, 2.45) is 0 Å². The highest BCUT2D eigenvalue weighted by Gasteiger charge is 2.13. The van der Waals surface area contributed by atoms with Gasteiger partial charge in [-0.1, -0.05) is 181 Å². The molecule has 4 nitrogen and oxygen atoms in total. The highest BCUT2D eigenvalue weighted by molar-refractivity contribution is 4.51. The van der Waals surface area contributed by atoms with E-state index in [1.54, 1.807) is 0 Å². The number of likely N-dealkylation sites (N-methyl/N-ethyl adjacent to an activating group) is 2. The summed E-state index contributed by atoms with van der Waals surface area (Å²) in [5.41, 5.74) is 0. The van der Waals surface area contributed by atoms with E-state index in [0.717, 1.165) is 22.1 Å². The Morgan fingerprint density at radius 2 is 0.438 bits per heavy atom. The number of quaternary nitrogens is 2. The molecule has 0 saturated carbocycles. The van der Waals surface area contributed by atoms with E-state index in [0.29, 0.717) is 13.2 Å². The summed E-state index contributed by atoms with van der Waals surface area (Å²) in [5, 5.41) is 18.0. The first-order chi connectivity index (χ1) is 22.2. The Balaban J connectivity index is -0.000000389. The summed E-state index contributed by atoms with van der Waals surface area (Å²) in [7, 11) is 8.89. The third kappa shape index (κ3) is 48.9. The highest BCUT2D eigenvalue weighted by Crippen LogP contribution is 2.15. The number of hydrogen-bond donors (Lipinski definition) is 2. The summed E-state index contributed by atoms with van der Waals surface area (Å²) < 4.78 is 1.93. The number of unbranched alkanes of at least 4 members (excludes halogenated alkanes) is 28. The Morgan fingerprint density at radius 1 is 0.271 bits per heavy atom. The topological polar surface area (TPSA) is 40.5 Å². The molecule has 2 N–H and O–H groups in total. The van der Waals surface area contributed by atoms with Gasteiger partial charge in [-0.3, -0.25) is 0 Å². The number of nitrogens with zero attached hydrogens (tertiary/aromatic N) is 2. The maximum absolute atomic E-state index is 9.02. The molecule has 0 aliphatic carbocycles. The van der Waals surface area contributed by atoms with Crippen LogP contribution in [0, 0.1) is 0 Å². The minimum absolute atomic E-state index is 0. The van der Waals surface area contributed by atoms with E-state index in [1.165, 1.54) is 206 Å². The average molecular weight is 817 g/mol. The second-order valence-corrected chi connectivity index (χ2v) is 16.1. The van der Waals surface area contributed by atoms with Crippen LogP contribution in [0.2, 0.25) is 0 Å². The molecule has 0 unspecified atom stereocenters. The minimum Gasteiger partial charge on any atom is -1.00 e. The average Bonchev–Trinajstić information content (AvgIpc) is 3.01. The molecular formula is C42H92Br2N2O2. The van der Waals surface area contributed by atoms with Gasteiger partial charge in [0.2, 0.25) is 0 Å². The van der Waals surface area contributed by atoms with E-state index in [-0.39, 0.29) is 34.0 Å². The molecule has 0 aliphatic rings. The van der Waals surface area contributed by atoms with Crippen LogP contribution in [0.5, 0.6) is 0 Å². The van der Waals surface area contributed by atoms with Crippen molar-refractivity contribution in [3.8, 4) is 0 Å². The van der Waals surface area contributed by atoms with Crippen molar-refractivity contribution >= 4 is 0 Å². The molecule has 0 bridgehead atoms. The van der Waals surface area contributed by atoms with Gasteiger partial charge >= 0.3 is 0 Å². The first kappa shape index (κ1) is 55.6. The smallest absolute Gasteiger partial charge is 0.102 e. The fourth-order valence-electron chi connectivity index (χ4n) is 6.59. The van der Waals surface area contributed by atoms with Gasteiger partial charge in [-0.15, -0.1) is 0 Å². The van der Waals surface area contributed by atoms with Crippen LogP contribution >= 0.6 is 0 Å². The summed E-state index contributed by atoms with van der Waals surface area (Å²) in [6.45, 7) is 9.39. The first-order valence-electron chi connectivity index (χ1n) is 21.1. The lowest BCUT2D eigenvalue weighted by Crippen LogP contribution is -3.00. The van der Waals surface area contributed by atoms with E-state index in [2.05, 4.69) is 42.0 Å². The molecule has 0 aromatic heterocycles. The zero-order valence-corrected chi connectivity index (χ0v) is 37.2. The lowest BCUT2D eigenvalue weighted by atomic mass is 10.0. The normalized spacial score (nSPS) is 11.5. The zero-order valence-electron chi connectivity index (χ0n) is 34.0. The second kappa shape index (κ2) is 44.0. The Morgan fingerprint density at radius 3 is 0.604 bits per heavy atom. The van der Waals surface area contributed by atoms with Gasteiger partial charge in [-0.2, -0.15) is 0 Å². The molecule has 0 aromatic rings. The summed E-state index contributed by atoms with van der Waals surface area (Å²) in [5.74, 6) is 0. The summed E-state index contributed by atoms with van der Waals surface area (Å²) in [6, 6.07) is 0. The van der Waals surface area contributed by atoms with Crippen LogP contribution in [0.4, 0.5) is 0 Å². The molecular weight excluding hydrogens is 724 g/mol. The summed E-state index contributed by atoms with van der Waals surface area (Å²) in [6.07, 6.45) is 42.8. The third-order valence-electron chi connectivity index (χ3n) is 10.1. The van der Waals surface area contributed by atoms with Crippen molar-refractivity contribution in [1.29, 1.82) is 0 Å². The van der Waals surface area contributed by atoms with Gasteiger partial charge in [0.25, 0.3) is 0 Å². The number of rotatable bonds is 36. The largest absolute Gasteiger partial charge is 1.00 e. The summed E-state index contributed by atoms with van der Waals surface area (Å²) in [4.78, 5) is 0. The standard InChI is InChI=1S/C22H48NO.C20H44NO.2BrH/c1-4-5-6-7-8-9-10-11-12-13-14-15-16-17-18-19-20-23(2,3)21-22-24;1-4-5-6-7-8-9-10-11-12-13-14-15-16-17-18-21(2,3)19-20-22;;/h24H,4-22H2,1-3H3;22H,4-20H2,1-3H3;2*1H/q2*+1;;/p-2. The van der Waals surface area contributed by atoms with Gasteiger partial charge in [-0.25, -0.2) is 0 Å². The Bertz CT molecular complexity index is 564. The number of halogens is 2. The van der Waals surface area contributed by atoms with Crippen molar-refractivity contribution in [1.82, 2.24) is 0 Å². The van der Waals surface area contributed by atoms with E-state index in [4.69, 9.17) is 10.2 Å². The first-order valence-corrected chi connectivity index (χ1v) is 21.1. The molecule has 0 fully saturated rings. The zero-order chi connectivity index (χ0) is 34.5. The van der Waals surface area contributed by atoms with Gasteiger partial charge in [0.15, 0.2) is 0 Å². The van der Waals surface area contributed by atoms with Crippen LogP contribution in [0.15, 0.2) is 0 Å². The van der Waals surface area contributed by atoms with Crippen molar-refractivity contribution < 1.29 is 53.1 Å². The molecule has 0 spiro atoms. The van der Waals surface area contributed by atoms with Crippen molar-refractivity contribution in [3.05, 3.63) is 0 Å². The van der Waals surface area contributed by atoms with Gasteiger partial charge in [-0.05, 0) is 25.7 Å². The Kier molecular flexibility index (Phi) is 50.9. The monoisotopic (exact) mass is 815 g/mol. The Hall–Kier alpha value is 0.800. The maximum atomic E-state index is 9.02. The van der Waals surface area contributed by atoms with Crippen LogP contribution in [0.1, 0.15) is 206 Å². The molecule has 0 amide bonds. The fourth-order valence-corrected chi connectivity index (χ4v) is 6.59. The number of hydrogen-bond acceptors (Lipinski definition) is 2. The molecule has 0 aromatic carbocycles. The van der Waals surface area contributed by atoms with Crippen LogP contribution in [0.3, 0.4) is 0 Å². The Labute approximate surface area is 325 Å². The molecule has 0 saturated heterocycles. The van der Waals surface area contributed by atoms with E-state index in [1.807, 2.05) is 0 Å². The second-order valence-electron chi connectivity index (χ2n) is 16.1. The molecule has 6 heteroatoms. The van der Waals surface area contributed by atoms with Crippen LogP contribution in [-0.2, 0) is 0 Å². The molecule has 0 heterocycles. The molecule has 296 valence electrons. The lowest BCUT2D eigenvalue weighted by Gasteiger charge is -2.28. The van der Waals surface area contributed by atoms with Crippen molar-refractivity contribution in [3.63, 3.8) is 0 Å². The van der Waals surface area contributed by atoms with Gasteiger partial charge in [0.05, 0.1) is 54.5 Å². The predicted molar refractivity (Wildman–Crippen MR) is 208 cm³/mol. The molecule has 0 aliphatic heterocycles. The lowest BCUT2D eigenvalue weighted by molar-refractivity contribution is -0.890. The summed E-state index contributed by atoms with van der Waals surface area (Å²) >= 11 is 0. The fraction of sp³-hybridized carbons (Fsp3) is 1.00. The maximum Gasteiger partial charge on any atom is 0.102 e. The number of aliphatic hydroxyl groups is 2. The van der Waals surface area contributed by atoms with Crippen molar-refractivity contribution in [2.45, 2.75) is 206 Å². The molecule has 0 atom stereocenters. The number of aliphatic hydroxyl groups excluding tert-OH is 2. The molecule has 0 rings (SSSR count). The predicted octanol–water partition coefficient (Wildman–Crippen LogP) is 5.86. The van der Waals surface area contributed by atoms with Gasteiger partial charge in [0.1, 0.15) is 13.1 Å². The SMILES string of the molecule is CCCCCCCCCCCCCCCCCC[N+](C)(C)CCO.CCCCCCCCCCCCCCCC[N+](C)(C)CCO.[Br-].[Br-]. The molecule has 48 heavy (non-hydrogen) atoms. The van der Waals surface area contributed by atoms with Crippen molar-refractivity contribution in [2.75, 3.05) is 67.6 Å². The van der Waals surface area contributed by atoms with E-state index in [9.17, 15) is 0 Å². The van der Waals surface area contributed by atoms with Crippen LogP contribution in [-0.4, -0.2) is 86.8 Å². The van der Waals surface area contributed by atoms with Gasteiger partial charge in [0, 0.05) is 0 Å². The quantitative estimate of drug-likeness (QED) is 0.0616. The minimum atomic E-state index is 0. The van der Waals surface area contributed by atoms with E-state index < -0.39 is 0 Å². The van der Waals surface area contributed by atoms with Gasteiger partial charge < -0.3 is 53.1 Å². The van der Waals surface area contributed by atoms with E-state index >= 15 is 0 Å². The van der Waals surface area contributed by atoms with Crippen LogP contribution in [0.25, 0.3) is 0 Å². The highest BCUT2D eigenvalue weighted by atomic mass is 79.9. The molecule has 0 radical (unpaired) electrons. The van der Waals surface area contributed by atoms with Crippen LogP contribution < -0.4 is 34.0 Å². The third-order valence-corrected chi connectivity index (χ3v) is 10.1.